The molecule has 0 saturated heterocycles. The Labute approximate surface area is 100 Å². The molecule has 0 saturated carbocycles. The van der Waals surface area contributed by atoms with Gasteiger partial charge in [-0.25, -0.2) is 0 Å². The number of fused-ring (bicyclic) bond motifs is 3. The van der Waals surface area contributed by atoms with E-state index in [1.807, 2.05) is 12.3 Å². The van der Waals surface area contributed by atoms with E-state index in [0.717, 1.165) is 5.52 Å². The Morgan fingerprint density at radius 1 is 1.18 bits per heavy atom. The van der Waals surface area contributed by atoms with Crippen molar-refractivity contribution in [1.82, 2.24) is 9.66 Å². The van der Waals surface area contributed by atoms with Crippen molar-refractivity contribution in [3.05, 3.63) is 42.7 Å². The van der Waals surface area contributed by atoms with Crippen LogP contribution in [0.1, 0.15) is 13.8 Å². The van der Waals surface area contributed by atoms with Crippen molar-refractivity contribution in [3.8, 4) is 0 Å². The molecule has 0 aliphatic heterocycles. The summed E-state index contributed by atoms with van der Waals surface area (Å²) in [6.07, 6.45) is 3.90. The van der Waals surface area contributed by atoms with E-state index in [1.54, 1.807) is 0 Å². The number of nitrogens with one attached hydrogen (secondary N) is 1. The van der Waals surface area contributed by atoms with Gasteiger partial charge in [0.2, 0.25) is 0 Å². The predicted octanol–water partition coefficient (Wildman–Crippen LogP) is 3.14. The molecule has 86 valence electrons. The van der Waals surface area contributed by atoms with Crippen molar-refractivity contribution in [3.63, 3.8) is 0 Å². The topological polar surface area (TPSA) is 29.9 Å². The quantitative estimate of drug-likeness (QED) is 0.726. The standard InChI is InChI=1S/C14H15N3/c1-10(2)16-17-9-7-11-5-6-13-12(14(11)17)4-3-8-15-13/h3-10,16H,1-2H3. The Morgan fingerprint density at radius 2 is 2.06 bits per heavy atom. The molecule has 2 heterocycles. The molecular formula is C14H15N3. The molecule has 0 radical (unpaired) electrons. The zero-order chi connectivity index (χ0) is 11.8. The highest BCUT2D eigenvalue weighted by molar-refractivity contribution is 6.04. The summed E-state index contributed by atoms with van der Waals surface area (Å²) in [7, 11) is 0. The summed E-state index contributed by atoms with van der Waals surface area (Å²) in [4.78, 5) is 4.39. The molecule has 3 heteroatoms. The predicted molar refractivity (Wildman–Crippen MR) is 71.7 cm³/mol. The fourth-order valence-electron chi connectivity index (χ4n) is 2.17. The maximum atomic E-state index is 4.39. The largest absolute Gasteiger partial charge is 0.323 e. The molecule has 3 nitrogen and oxygen atoms in total. The third kappa shape index (κ3) is 1.64. The number of benzene rings is 1. The Kier molecular flexibility index (Phi) is 2.25. The average Bonchev–Trinajstić information content (AvgIpc) is 2.72. The second-order valence-electron chi connectivity index (χ2n) is 4.54. The summed E-state index contributed by atoms with van der Waals surface area (Å²) in [6, 6.07) is 10.8. The first-order valence-electron chi connectivity index (χ1n) is 5.87. The van der Waals surface area contributed by atoms with Crippen molar-refractivity contribution >= 4 is 21.8 Å². The van der Waals surface area contributed by atoms with Crippen LogP contribution in [0.15, 0.2) is 42.7 Å². The summed E-state index contributed by atoms with van der Waals surface area (Å²) >= 11 is 0. The third-order valence-corrected chi connectivity index (χ3v) is 2.83. The van der Waals surface area contributed by atoms with Gasteiger partial charge in [0.15, 0.2) is 0 Å². The lowest BCUT2D eigenvalue weighted by molar-refractivity contribution is 0.756. The van der Waals surface area contributed by atoms with E-state index < -0.39 is 0 Å². The van der Waals surface area contributed by atoms with Gasteiger partial charge in [0, 0.05) is 29.2 Å². The molecule has 3 aromatic rings. The zero-order valence-electron chi connectivity index (χ0n) is 10.0. The van der Waals surface area contributed by atoms with Gasteiger partial charge >= 0.3 is 0 Å². The van der Waals surface area contributed by atoms with Crippen LogP contribution in [0, 0.1) is 0 Å². The minimum atomic E-state index is 0.400. The second kappa shape index (κ2) is 3.77. The van der Waals surface area contributed by atoms with Gasteiger partial charge in [-0.2, -0.15) is 0 Å². The molecule has 1 N–H and O–H groups in total. The Bertz CT molecular complexity index is 667. The number of rotatable bonds is 2. The van der Waals surface area contributed by atoms with E-state index in [0.29, 0.717) is 6.04 Å². The lowest BCUT2D eigenvalue weighted by Crippen LogP contribution is -2.21. The van der Waals surface area contributed by atoms with Crippen LogP contribution in [0.4, 0.5) is 0 Å². The molecule has 2 aromatic heterocycles. The summed E-state index contributed by atoms with van der Waals surface area (Å²) in [5, 5.41) is 2.42. The number of pyridine rings is 1. The van der Waals surface area contributed by atoms with E-state index in [2.05, 4.69) is 59.4 Å². The first-order chi connectivity index (χ1) is 8.25. The molecule has 0 spiro atoms. The van der Waals surface area contributed by atoms with Crippen molar-refractivity contribution < 1.29 is 0 Å². The fourth-order valence-corrected chi connectivity index (χ4v) is 2.17. The summed E-state index contributed by atoms with van der Waals surface area (Å²) in [6.45, 7) is 4.27. The van der Waals surface area contributed by atoms with Crippen molar-refractivity contribution in [2.24, 2.45) is 0 Å². The highest BCUT2D eigenvalue weighted by Gasteiger charge is 2.06. The van der Waals surface area contributed by atoms with Crippen LogP contribution in [-0.2, 0) is 0 Å². The van der Waals surface area contributed by atoms with Gasteiger partial charge in [-0.15, -0.1) is 0 Å². The number of hydrogen-bond donors (Lipinski definition) is 1. The van der Waals surface area contributed by atoms with Crippen LogP contribution in [0.5, 0.6) is 0 Å². The maximum Gasteiger partial charge on any atom is 0.0786 e. The molecule has 0 atom stereocenters. The molecule has 17 heavy (non-hydrogen) atoms. The molecule has 0 aliphatic carbocycles. The minimum Gasteiger partial charge on any atom is -0.323 e. The van der Waals surface area contributed by atoms with Crippen LogP contribution in [0.3, 0.4) is 0 Å². The third-order valence-electron chi connectivity index (χ3n) is 2.83. The molecule has 0 unspecified atom stereocenters. The lowest BCUT2D eigenvalue weighted by Gasteiger charge is -2.13. The van der Waals surface area contributed by atoms with Crippen LogP contribution >= 0.6 is 0 Å². The normalized spacial score (nSPS) is 11.5. The molecule has 0 bridgehead atoms. The van der Waals surface area contributed by atoms with E-state index in [4.69, 9.17) is 0 Å². The van der Waals surface area contributed by atoms with Crippen molar-refractivity contribution in [1.29, 1.82) is 0 Å². The van der Waals surface area contributed by atoms with Crippen LogP contribution in [0.25, 0.3) is 21.8 Å². The second-order valence-corrected chi connectivity index (χ2v) is 4.54. The highest BCUT2D eigenvalue weighted by atomic mass is 15.4. The van der Waals surface area contributed by atoms with Gasteiger partial charge in [-0.1, -0.05) is 6.07 Å². The van der Waals surface area contributed by atoms with Gasteiger partial charge in [0.1, 0.15) is 0 Å². The smallest absolute Gasteiger partial charge is 0.0786 e. The minimum absolute atomic E-state index is 0.400. The van der Waals surface area contributed by atoms with E-state index >= 15 is 0 Å². The Morgan fingerprint density at radius 3 is 2.88 bits per heavy atom. The molecule has 0 amide bonds. The zero-order valence-corrected chi connectivity index (χ0v) is 10.0. The summed E-state index contributed by atoms with van der Waals surface area (Å²) < 4.78 is 2.09. The summed E-state index contributed by atoms with van der Waals surface area (Å²) in [5.41, 5.74) is 5.64. The van der Waals surface area contributed by atoms with Gasteiger partial charge in [-0.05, 0) is 38.1 Å². The monoisotopic (exact) mass is 225 g/mol. The van der Waals surface area contributed by atoms with Gasteiger partial charge in [0.05, 0.1) is 11.0 Å². The highest BCUT2D eigenvalue weighted by Crippen LogP contribution is 2.24. The number of nitrogens with zero attached hydrogens (tertiary/aromatic N) is 2. The first-order valence-corrected chi connectivity index (χ1v) is 5.87. The number of aromatic nitrogens is 2. The fraction of sp³-hybridized carbons (Fsp3) is 0.214. The molecular weight excluding hydrogens is 210 g/mol. The van der Waals surface area contributed by atoms with E-state index in [9.17, 15) is 0 Å². The van der Waals surface area contributed by atoms with E-state index in [1.165, 1.54) is 16.3 Å². The van der Waals surface area contributed by atoms with Crippen molar-refractivity contribution in [2.45, 2.75) is 19.9 Å². The summed E-state index contributed by atoms with van der Waals surface area (Å²) in [5.74, 6) is 0. The maximum absolute atomic E-state index is 4.39. The average molecular weight is 225 g/mol. The van der Waals surface area contributed by atoms with Crippen molar-refractivity contribution in [2.75, 3.05) is 5.43 Å². The number of hydrogen-bond acceptors (Lipinski definition) is 2. The first kappa shape index (κ1) is 10.1. The van der Waals surface area contributed by atoms with Crippen LogP contribution in [0.2, 0.25) is 0 Å². The van der Waals surface area contributed by atoms with Gasteiger partial charge in [0.25, 0.3) is 0 Å². The molecule has 0 fully saturated rings. The molecule has 1 aromatic carbocycles. The molecule has 3 rings (SSSR count). The SMILES string of the molecule is CC(C)Nn1ccc2ccc3ncccc3c21. The van der Waals surface area contributed by atoms with Gasteiger partial charge in [-0.3, -0.25) is 9.66 Å². The van der Waals surface area contributed by atoms with Crippen LogP contribution in [-0.4, -0.2) is 15.7 Å². The van der Waals surface area contributed by atoms with Gasteiger partial charge < -0.3 is 5.43 Å². The van der Waals surface area contributed by atoms with Crippen LogP contribution < -0.4 is 5.43 Å². The Balaban J connectivity index is 2.34. The lowest BCUT2D eigenvalue weighted by atomic mass is 10.1. The van der Waals surface area contributed by atoms with E-state index in [-0.39, 0.29) is 0 Å². The molecule has 0 aliphatic rings. The Hall–Kier alpha value is -2.03.